The van der Waals surface area contributed by atoms with E-state index in [0.29, 0.717) is 17.8 Å². The predicted molar refractivity (Wildman–Crippen MR) is 91.5 cm³/mol. The Morgan fingerprint density at radius 1 is 0.964 bits per heavy atom. The van der Waals surface area contributed by atoms with Gasteiger partial charge in [0.2, 0.25) is 0 Å². The van der Waals surface area contributed by atoms with E-state index in [1.165, 1.54) is 19.3 Å². The van der Waals surface area contributed by atoms with Crippen LogP contribution in [-0.4, -0.2) is 36.7 Å². The van der Waals surface area contributed by atoms with Crippen LogP contribution in [0.1, 0.15) is 64.2 Å². The molecule has 0 saturated heterocycles. The molecule has 4 fully saturated rings. The van der Waals surface area contributed by atoms with E-state index in [1.807, 2.05) is 0 Å². The Kier molecular flexibility index (Phi) is 5.77. The van der Waals surface area contributed by atoms with Gasteiger partial charge in [-0.05, 0) is 75.5 Å². The molecule has 0 aromatic heterocycles. The van der Waals surface area contributed by atoms with Gasteiger partial charge in [-0.15, -0.1) is 0 Å². The summed E-state index contributed by atoms with van der Waals surface area (Å²) in [5.41, 5.74) is -0.403. The van der Waals surface area contributed by atoms with Gasteiger partial charge in [0, 0.05) is 6.42 Å². The van der Waals surface area contributed by atoms with E-state index in [2.05, 4.69) is 0 Å². The van der Waals surface area contributed by atoms with Gasteiger partial charge in [-0.1, -0.05) is 0 Å². The lowest BCUT2D eigenvalue weighted by Crippen LogP contribution is -2.50. The molecule has 5 nitrogen and oxygen atoms in total. The van der Waals surface area contributed by atoms with Crippen molar-refractivity contribution in [3.8, 4) is 0 Å². The predicted octanol–water partition coefficient (Wildman–Crippen LogP) is 4.42. The van der Waals surface area contributed by atoms with Crippen molar-refractivity contribution in [1.82, 2.24) is 0 Å². The molecule has 0 aromatic rings. The summed E-state index contributed by atoms with van der Waals surface area (Å²) in [6.07, 6.45) is 4.67. The molecule has 4 bridgehead atoms. The quantitative estimate of drug-likeness (QED) is 0.253. The second-order valence-corrected chi connectivity index (χ2v) is 10.3. The first-order chi connectivity index (χ1) is 12.9. The number of carbonyl (C=O) groups is 1. The smallest absolute Gasteiger partial charge is 0.431 e. The molecule has 0 atom stereocenters. The van der Waals surface area contributed by atoms with E-state index in [9.17, 15) is 30.8 Å². The second kappa shape index (κ2) is 7.41. The fraction of sp³-hybridized carbons (Fsp3) is 0.944. The van der Waals surface area contributed by atoms with Crippen LogP contribution >= 0.6 is 0 Å². The third kappa shape index (κ3) is 4.04. The van der Waals surface area contributed by atoms with Gasteiger partial charge in [-0.25, -0.2) is 0 Å². The number of ether oxygens (including phenoxy) is 1. The molecule has 4 aliphatic rings. The van der Waals surface area contributed by atoms with E-state index in [0.717, 1.165) is 19.3 Å². The molecule has 1 N–H and O–H groups in total. The van der Waals surface area contributed by atoms with Crippen molar-refractivity contribution in [1.29, 1.82) is 0 Å². The minimum Gasteiger partial charge on any atom is -0.465 e. The highest BCUT2D eigenvalue weighted by atomic mass is 32.2. The molecule has 0 aromatic carbocycles. The van der Waals surface area contributed by atoms with Crippen LogP contribution in [0.4, 0.5) is 17.6 Å². The first-order valence-electron chi connectivity index (χ1n) is 9.76. The van der Waals surface area contributed by atoms with Crippen LogP contribution in [0.5, 0.6) is 0 Å². The van der Waals surface area contributed by atoms with Crippen LogP contribution in [-0.2, 0) is 19.6 Å². The van der Waals surface area contributed by atoms with E-state index < -0.39 is 33.1 Å². The molecule has 0 aliphatic heterocycles. The monoisotopic (exact) mass is 430 g/mol. The molecule has 4 rings (SSSR count). The molecule has 4 aliphatic carbocycles. The molecular weight excluding hydrogens is 404 g/mol. The molecule has 4 saturated carbocycles. The average molecular weight is 430 g/mol. The molecule has 10 heteroatoms. The van der Waals surface area contributed by atoms with Crippen molar-refractivity contribution in [2.45, 2.75) is 75.4 Å². The lowest BCUT2D eigenvalue weighted by Gasteiger charge is -2.55. The van der Waals surface area contributed by atoms with E-state index in [-0.39, 0.29) is 31.8 Å². The van der Waals surface area contributed by atoms with E-state index in [1.54, 1.807) is 0 Å². The summed E-state index contributed by atoms with van der Waals surface area (Å²) in [7, 11) is -6.19. The summed E-state index contributed by atoms with van der Waals surface area (Å²) < 4.78 is 87.5. The van der Waals surface area contributed by atoms with Gasteiger partial charge in [0.05, 0.1) is 12.0 Å². The number of halogens is 4. The van der Waals surface area contributed by atoms with Crippen molar-refractivity contribution in [2.24, 2.45) is 23.2 Å². The Labute approximate surface area is 161 Å². The summed E-state index contributed by atoms with van der Waals surface area (Å²) in [4.78, 5) is 12.6. The second-order valence-electron chi connectivity index (χ2n) is 8.84. The molecule has 0 unspecified atom stereocenters. The number of unbranched alkanes of at least 4 members (excludes halogenated alkanes) is 2. The summed E-state index contributed by atoms with van der Waals surface area (Å²) in [6.45, 7) is 0.0286. The zero-order chi connectivity index (χ0) is 20.8. The molecule has 162 valence electrons. The highest BCUT2D eigenvalue weighted by Crippen LogP contribution is 2.60. The van der Waals surface area contributed by atoms with Crippen LogP contribution in [0.3, 0.4) is 0 Å². The zero-order valence-corrected chi connectivity index (χ0v) is 16.3. The summed E-state index contributed by atoms with van der Waals surface area (Å²) >= 11 is 0. The Balaban J connectivity index is 1.39. The maximum atomic E-state index is 13.4. The van der Waals surface area contributed by atoms with Crippen LogP contribution < -0.4 is 0 Å². The molecule has 0 spiro atoms. The molecule has 0 amide bonds. The van der Waals surface area contributed by atoms with Crippen LogP contribution in [0.2, 0.25) is 0 Å². The molecule has 0 heterocycles. The van der Waals surface area contributed by atoms with Gasteiger partial charge in [-0.2, -0.15) is 26.0 Å². The van der Waals surface area contributed by atoms with Crippen LogP contribution in [0, 0.1) is 23.2 Å². The van der Waals surface area contributed by atoms with Gasteiger partial charge in [0.25, 0.3) is 0 Å². The molecule has 28 heavy (non-hydrogen) atoms. The largest absolute Gasteiger partial charge is 0.465 e. The average Bonchev–Trinajstić information content (AvgIpc) is 2.55. The number of alkyl halides is 4. The Hall–Kier alpha value is -0.900. The number of hydrogen-bond acceptors (Lipinski definition) is 4. The first-order valence-corrected chi connectivity index (χ1v) is 11.2. The Bertz CT molecular complexity index is 671. The van der Waals surface area contributed by atoms with Crippen LogP contribution in [0.15, 0.2) is 0 Å². The van der Waals surface area contributed by atoms with Gasteiger partial charge in [0.1, 0.15) is 0 Å². The zero-order valence-electron chi connectivity index (χ0n) is 15.5. The minimum atomic E-state index is -6.19. The third-order valence-corrected chi connectivity index (χ3v) is 7.54. The first kappa shape index (κ1) is 21.8. The maximum Gasteiger partial charge on any atom is 0.431 e. The summed E-state index contributed by atoms with van der Waals surface area (Å²) in [5.74, 6) is -3.33. The number of carbonyl (C=O) groups excluding carboxylic acids is 1. The van der Waals surface area contributed by atoms with Crippen molar-refractivity contribution in [3.63, 3.8) is 0 Å². The topological polar surface area (TPSA) is 80.7 Å². The fourth-order valence-electron chi connectivity index (χ4n) is 5.64. The van der Waals surface area contributed by atoms with E-state index in [4.69, 9.17) is 9.29 Å². The maximum absolute atomic E-state index is 13.4. The lowest BCUT2D eigenvalue weighted by atomic mass is 9.49. The Morgan fingerprint density at radius 3 is 1.93 bits per heavy atom. The minimum absolute atomic E-state index is 0.0286. The molecule has 0 radical (unpaired) electrons. The highest BCUT2D eigenvalue weighted by molar-refractivity contribution is 7.87. The van der Waals surface area contributed by atoms with Crippen molar-refractivity contribution < 1.29 is 40.1 Å². The van der Waals surface area contributed by atoms with Gasteiger partial charge in [0.15, 0.2) is 0 Å². The van der Waals surface area contributed by atoms with Crippen molar-refractivity contribution in [2.75, 3.05) is 6.61 Å². The number of rotatable bonds is 9. The van der Waals surface area contributed by atoms with Crippen LogP contribution in [0.25, 0.3) is 0 Å². The van der Waals surface area contributed by atoms with Crippen molar-refractivity contribution in [3.05, 3.63) is 0 Å². The number of esters is 1. The highest BCUT2D eigenvalue weighted by Gasteiger charge is 2.64. The van der Waals surface area contributed by atoms with Gasteiger partial charge < -0.3 is 4.74 Å². The van der Waals surface area contributed by atoms with Gasteiger partial charge in [-0.3, -0.25) is 9.35 Å². The summed E-state index contributed by atoms with van der Waals surface area (Å²) in [6, 6.07) is 0. The normalized spacial score (nSPS) is 32.5. The van der Waals surface area contributed by atoms with Crippen molar-refractivity contribution >= 4 is 16.1 Å². The van der Waals surface area contributed by atoms with Gasteiger partial charge >= 0.3 is 27.3 Å². The third-order valence-electron chi connectivity index (χ3n) is 6.59. The lowest BCUT2D eigenvalue weighted by molar-refractivity contribution is -0.172. The van der Waals surface area contributed by atoms with E-state index >= 15 is 0 Å². The summed E-state index contributed by atoms with van der Waals surface area (Å²) in [5, 5.41) is -5.52. The number of hydrogen-bond donors (Lipinski definition) is 1. The molecular formula is C18H26F4O5S. The standard InChI is InChI=1S/C18H26F4O5S/c19-17(20,18(21,22)28(24,25)26)4-2-1-3-5-27-15(23)16-9-12-6-13(10-16)8-14(7-12)11-16/h12-14H,1-11H2,(H,24,25,26). The SMILES string of the molecule is O=C(OCCCCCC(F)(F)C(F)(F)S(=O)(=O)O)C12CC3CC(CC(C3)C1)C2. The fourth-order valence-corrected chi connectivity index (χ4v) is 6.12. The Morgan fingerprint density at radius 2 is 1.46 bits per heavy atom.